The van der Waals surface area contributed by atoms with Gasteiger partial charge in [-0.3, -0.25) is 4.55 Å². The van der Waals surface area contributed by atoms with Crippen LogP contribution in [0.15, 0.2) is 64.6 Å². The van der Waals surface area contributed by atoms with Gasteiger partial charge in [-0.2, -0.15) is 8.42 Å². The summed E-state index contributed by atoms with van der Waals surface area (Å²) in [5.41, 5.74) is 0.238. The predicted octanol–water partition coefficient (Wildman–Crippen LogP) is 6.24. The Morgan fingerprint density at radius 3 is 2.19 bits per heavy atom. The standard InChI is InChI=1S/C22H18F2N2O6S4.C6H15N/c1-2-6-15-16(24)10-12-19-22(15)26(36(30,31)32)21(34-19)8-5-3-4-7-20-25(35(27,28)29)17-13-14(23)9-11-18(17)33-20;1-4-7(5-2)6-3/h3-5,7-13H,2,6H2,1H3,(H-,27,28,29,30,31,32);4-6H2,1-3H3/p+1. The van der Waals surface area contributed by atoms with Crippen molar-refractivity contribution >= 4 is 65.7 Å². The smallest absolute Gasteiger partial charge is 0.304 e. The summed E-state index contributed by atoms with van der Waals surface area (Å²) in [4.78, 5) is 2.80. The molecule has 0 unspecified atom stereocenters. The molecule has 4 rings (SSSR count). The van der Waals surface area contributed by atoms with Crippen molar-refractivity contribution in [3.63, 3.8) is 0 Å². The molecule has 9 nitrogen and oxygen atoms in total. The molecule has 3 aromatic rings. The number of thiazole rings is 1. The van der Waals surface area contributed by atoms with Gasteiger partial charge in [-0.15, -0.1) is 8.42 Å². The van der Waals surface area contributed by atoms with Crippen LogP contribution < -0.4 is 8.28 Å². The second-order valence-electron chi connectivity index (χ2n) is 9.13. The molecule has 2 aromatic carbocycles. The molecule has 0 saturated heterocycles. The van der Waals surface area contributed by atoms with Crippen molar-refractivity contribution in [2.75, 3.05) is 23.9 Å². The molecule has 0 radical (unpaired) electrons. The van der Waals surface area contributed by atoms with Gasteiger partial charge in [0.1, 0.15) is 16.3 Å². The fourth-order valence-corrected chi connectivity index (χ4v) is 8.59. The molecule has 43 heavy (non-hydrogen) atoms. The highest BCUT2D eigenvalue weighted by Crippen LogP contribution is 2.47. The number of allylic oxidation sites excluding steroid dienone is 4. The van der Waals surface area contributed by atoms with Crippen molar-refractivity contribution in [3.05, 3.63) is 81.9 Å². The lowest BCUT2D eigenvalue weighted by Crippen LogP contribution is -2.44. The molecular weight excluding hydrogens is 641 g/mol. The Bertz CT molecular complexity index is 1760. The van der Waals surface area contributed by atoms with Crippen molar-refractivity contribution < 1.29 is 38.7 Å². The highest BCUT2D eigenvalue weighted by atomic mass is 32.2. The maximum atomic E-state index is 14.4. The molecule has 1 aromatic heterocycles. The third-order valence-electron chi connectivity index (χ3n) is 6.36. The molecule has 0 fully saturated rings. The van der Waals surface area contributed by atoms with E-state index in [4.69, 9.17) is 0 Å². The van der Waals surface area contributed by atoms with Crippen LogP contribution in [0, 0.1) is 11.6 Å². The third-order valence-corrected chi connectivity index (χ3v) is 10.5. The molecule has 0 saturated carbocycles. The molecule has 15 heteroatoms. The molecule has 0 atom stereocenters. The number of rotatable bonds is 10. The first kappa shape index (κ1) is 34.8. The normalized spacial score (nSPS) is 14.8. The lowest BCUT2D eigenvalue weighted by atomic mass is 10.1. The highest BCUT2D eigenvalue weighted by Gasteiger charge is 2.34. The zero-order valence-electron chi connectivity index (χ0n) is 24.1. The Labute approximate surface area is 259 Å². The quantitative estimate of drug-likeness (QED) is 0.147. The molecule has 0 spiro atoms. The van der Waals surface area contributed by atoms with Crippen LogP contribution in [0.5, 0.6) is 0 Å². The first-order chi connectivity index (χ1) is 20.3. The van der Waals surface area contributed by atoms with Gasteiger partial charge >= 0.3 is 20.6 Å². The largest absolute Gasteiger partial charge is 0.513 e. The van der Waals surface area contributed by atoms with Gasteiger partial charge in [-0.05, 0) is 66.4 Å². The van der Waals surface area contributed by atoms with E-state index in [1.807, 2.05) is 6.92 Å². The van der Waals surface area contributed by atoms with Crippen LogP contribution in [0.1, 0.15) is 44.7 Å². The number of hydrogen-bond acceptors (Lipinski definition) is 7. The molecule has 234 valence electrons. The van der Waals surface area contributed by atoms with Crippen LogP contribution in [0.4, 0.5) is 14.5 Å². The van der Waals surface area contributed by atoms with Crippen molar-refractivity contribution in [2.24, 2.45) is 0 Å². The minimum atomic E-state index is -4.75. The maximum Gasteiger partial charge on any atom is 0.513 e. The number of thioether (sulfide) groups is 1. The Kier molecular flexibility index (Phi) is 12.1. The summed E-state index contributed by atoms with van der Waals surface area (Å²) in [5, 5.41) is 0.211. The number of aryl methyl sites for hydroxylation is 1. The second-order valence-corrected chi connectivity index (χ2v) is 13.8. The Hall–Kier alpha value is -2.66. The average molecular weight is 675 g/mol. The minimum Gasteiger partial charge on any atom is -0.304 e. The summed E-state index contributed by atoms with van der Waals surface area (Å²) in [7, 11) is -9.47. The van der Waals surface area contributed by atoms with Crippen molar-refractivity contribution in [3.8, 4) is 0 Å². The lowest BCUT2D eigenvalue weighted by Gasteiger charge is -2.15. The van der Waals surface area contributed by atoms with E-state index in [0.717, 1.165) is 29.2 Å². The van der Waals surface area contributed by atoms with Gasteiger partial charge in [0.15, 0.2) is 0 Å². The van der Waals surface area contributed by atoms with E-state index >= 15 is 0 Å². The number of benzene rings is 2. The predicted molar refractivity (Wildman–Crippen MR) is 169 cm³/mol. The van der Waals surface area contributed by atoms with Gasteiger partial charge < -0.3 is 4.90 Å². The molecular formula is C28H34F2N3O6S4+. The van der Waals surface area contributed by atoms with Gasteiger partial charge in [0.25, 0.3) is 10.5 Å². The fraction of sp³-hybridized carbons (Fsp3) is 0.321. The van der Waals surface area contributed by atoms with Gasteiger partial charge in [-0.25, -0.2) is 17.6 Å². The first-order valence-corrected chi connectivity index (χ1v) is 17.9. The van der Waals surface area contributed by atoms with Crippen molar-refractivity contribution in [1.29, 1.82) is 0 Å². The molecule has 1 aliphatic heterocycles. The fourth-order valence-electron chi connectivity index (χ4n) is 4.34. The van der Waals surface area contributed by atoms with Crippen LogP contribution in [0.3, 0.4) is 0 Å². The highest BCUT2D eigenvalue weighted by molar-refractivity contribution is 8.05. The van der Waals surface area contributed by atoms with Crippen LogP contribution >= 0.6 is 23.1 Å². The van der Waals surface area contributed by atoms with E-state index in [2.05, 4.69) is 25.7 Å². The zero-order chi connectivity index (χ0) is 31.9. The Balaban J connectivity index is 0.000000646. The monoisotopic (exact) mass is 674 g/mol. The summed E-state index contributed by atoms with van der Waals surface area (Å²) < 4.78 is 97.3. The topological polar surface area (TPSA) is 119 Å². The molecule has 0 amide bonds. The number of halogens is 2. The van der Waals surface area contributed by atoms with Crippen molar-refractivity contribution in [1.82, 2.24) is 4.90 Å². The average Bonchev–Trinajstić information content (AvgIpc) is 3.49. The van der Waals surface area contributed by atoms with Crippen LogP contribution in [-0.4, -0.2) is 50.5 Å². The molecule has 0 aliphatic carbocycles. The number of hydrogen-bond donors (Lipinski definition) is 2. The van der Waals surface area contributed by atoms with Crippen LogP contribution in [-0.2, 0) is 27.0 Å². The van der Waals surface area contributed by atoms with Gasteiger partial charge in [-0.1, -0.05) is 75.4 Å². The summed E-state index contributed by atoms with van der Waals surface area (Å²) in [6.07, 6.45) is 7.96. The van der Waals surface area contributed by atoms with Crippen molar-refractivity contribution in [2.45, 2.75) is 45.4 Å². The first-order valence-electron chi connectivity index (χ1n) is 13.4. The molecule has 2 heterocycles. The zero-order valence-corrected chi connectivity index (χ0v) is 27.3. The van der Waals surface area contributed by atoms with E-state index < -0.39 is 32.2 Å². The summed E-state index contributed by atoms with van der Waals surface area (Å²) >= 11 is 2.05. The number of fused-ring (bicyclic) bond motifs is 2. The van der Waals surface area contributed by atoms with E-state index in [1.54, 1.807) is 0 Å². The SMILES string of the molecule is CCCc1c(F)ccc2sc(C=CC=CC=C3Sc4ccc(F)cc4N3S(=O)(=O)O)[n+](S(=O)(=O)O)c12.CCN(CC)CC. The Morgan fingerprint density at radius 1 is 0.953 bits per heavy atom. The summed E-state index contributed by atoms with van der Waals surface area (Å²) in [5.74, 6) is -1.24. The number of anilines is 1. The number of aromatic nitrogens is 1. The Morgan fingerprint density at radius 2 is 1.63 bits per heavy atom. The minimum absolute atomic E-state index is 0.0210. The van der Waals surface area contributed by atoms with Gasteiger partial charge in [0, 0.05) is 11.0 Å². The molecule has 1 aliphatic rings. The van der Waals surface area contributed by atoms with Gasteiger partial charge in [0.05, 0.1) is 16.3 Å². The van der Waals surface area contributed by atoms with E-state index in [1.165, 1.54) is 74.3 Å². The van der Waals surface area contributed by atoms with Gasteiger partial charge in [0.2, 0.25) is 0 Å². The van der Waals surface area contributed by atoms with E-state index in [9.17, 15) is 34.7 Å². The van der Waals surface area contributed by atoms with Crippen LogP contribution in [0.2, 0.25) is 0 Å². The second kappa shape index (κ2) is 14.9. The third kappa shape index (κ3) is 8.50. The maximum absolute atomic E-state index is 14.4. The summed E-state index contributed by atoms with van der Waals surface area (Å²) in [6.45, 7) is 11.9. The summed E-state index contributed by atoms with van der Waals surface area (Å²) in [6, 6.07) is 6.25. The molecule has 0 bridgehead atoms. The molecule has 2 N–H and O–H groups in total. The van der Waals surface area contributed by atoms with Crippen LogP contribution in [0.25, 0.3) is 16.3 Å². The number of nitrogens with zero attached hydrogens (tertiary/aromatic N) is 3. The lowest BCUT2D eigenvalue weighted by molar-refractivity contribution is -0.486. The van der Waals surface area contributed by atoms with E-state index in [0.29, 0.717) is 24.3 Å². The van der Waals surface area contributed by atoms with E-state index in [-0.39, 0.29) is 33.2 Å².